The summed E-state index contributed by atoms with van der Waals surface area (Å²) in [5, 5.41) is 5.98. The molecule has 0 spiro atoms. The fourth-order valence-corrected chi connectivity index (χ4v) is 4.40. The van der Waals surface area contributed by atoms with Crippen molar-refractivity contribution in [2.45, 2.75) is 18.5 Å². The predicted molar refractivity (Wildman–Crippen MR) is 113 cm³/mol. The summed E-state index contributed by atoms with van der Waals surface area (Å²) in [4.78, 5) is 16.9. The average molecular weight is 428 g/mol. The molecule has 1 amide bonds. The number of thiophene rings is 1. The van der Waals surface area contributed by atoms with Crippen LogP contribution < -0.4 is 5.32 Å². The van der Waals surface area contributed by atoms with Crippen molar-refractivity contribution in [2.24, 2.45) is 0 Å². The minimum Gasteiger partial charge on any atom is -0.361 e. The van der Waals surface area contributed by atoms with E-state index in [0.717, 1.165) is 33.5 Å². The Hall–Kier alpha value is -3.06. The number of hydrogen-bond donors (Lipinski definition) is 2. The molecule has 0 saturated carbocycles. The van der Waals surface area contributed by atoms with Gasteiger partial charge in [0.15, 0.2) is 0 Å². The number of H-pyrrole nitrogens is 1. The van der Waals surface area contributed by atoms with Crippen molar-refractivity contribution >= 4 is 28.1 Å². The smallest absolute Gasteiger partial charge is 0.361 e. The summed E-state index contributed by atoms with van der Waals surface area (Å²) in [6, 6.07) is 16.8. The molecule has 1 atom stereocenters. The Balaban J connectivity index is 1.50. The van der Waals surface area contributed by atoms with Crippen molar-refractivity contribution in [1.29, 1.82) is 0 Å². The average Bonchev–Trinajstić information content (AvgIpc) is 3.39. The third-order valence-corrected chi connectivity index (χ3v) is 5.99. The first-order valence-corrected chi connectivity index (χ1v) is 10.3. The van der Waals surface area contributed by atoms with Crippen LogP contribution in [0.1, 0.15) is 27.5 Å². The summed E-state index contributed by atoms with van der Waals surface area (Å²) in [5.74, 6) is -0.359. The van der Waals surface area contributed by atoms with E-state index in [1.165, 1.54) is 12.1 Å². The topological polar surface area (TPSA) is 44.9 Å². The monoisotopic (exact) mass is 428 g/mol. The molecule has 0 bridgehead atoms. The lowest BCUT2D eigenvalue weighted by Gasteiger charge is -2.16. The molecular formula is C23H19F3N2OS. The van der Waals surface area contributed by atoms with Crippen LogP contribution in [0.25, 0.3) is 10.9 Å². The van der Waals surface area contributed by atoms with Gasteiger partial charge in [0.25, 0.3) is 0 Å². The predicted octanol–water partition coefficient (Wildman–Crippen LogP) is 5.74. The molecule has 0 aliphatic heterocycles. The van der Waals surface area contributed by atoms with Gasteiger partial charge in [-0.1, -0.05) is 42.5 Å². The van der Waals surface area contributed by atoms with Crippen molar-refractivity contribution in [3.63, 3.8) is 0 Å². The van der Waals surface area contributed by atoms with Crippen LogP contribution >= 0.6 is 11.3 Å². The van der Waals surface area contributed by atoms with Gasteiger partial charge in [-0.3, -0.25) is 4.79 Å². The van der Waals surface area contributed by atoms with Crippen LogP contribution in [-0.4, -0.2) is 17.4 Å². The van der Waals surface area contributed by atoms with Crippen molar-refractivity contribution < 1.29 is 18.0 Å². The number of rotatable bonds is 6. The summed E-state index contributed by atoms with van der Waals surface area (Å²) >= 11 is 1.61. The highest BCUT2D eigenvalue weighted by Crippen LogP contribution is 2.33. The zero-order chi connectivity index (χ0) is 21.1. The number of para-hydroxylation sites is 1. The Morgan fingerprint density at radius 1 is 1.07 bits per heavy atom. The van der Waals surface area contributed by atoms with Crippen LogP contribution in [0.3, 0.4) is 0 Å². The number of carbonyl (C=O) groups is 1. The van der Waals surface area contributed by atoms with Crippen molar-refractivity contribution in [3.05, 3.63) is 93.8 Å². The maximum absolute atomic E-state index is 12.9. The standard InChI is InChI=1S/C23H19F3N2OS/c24-23(25,26)16-6-3-5-15(11-16)12-22(29)28-14-19(21-9-4-10-30-21)18-13-27-20-8-2-1-7-17(18)20/h1-11,13,19,27H,12,14H2,(H,28,29)/t19-/m1/s1. The highest BCUT2D eigenvalue weighted by molar-refractivity contribution is 7.10. The molecule has 2 N–H and O–H groups in total. The third-order valence-electron chi connectivity index (χ3n) is 5.01. The number of aromatic amines is 1. The molecule has 7 heteroatoms. The van der Waals surface area contributed by atoms with E-state index in [2.05, 4.69) is 10.3 Å². The van der Waals surface area contributed by atoms with Crippen molar-refractivity contribution in [2.75, 3.05) is 6.54 Å². The van der Waals surface area contributed by atoms with Gasteiger partial charge in [0.1, 0.15) is 0 Å². The quantitative estimate of drug-likeness (QED) is 0.404. The van der Waals surface area contributed by atoms with Crippen LogP contribution in [0.2, 0.25) is 0 Å². The molecule has 0 radical (unpaired) electrons. The number of amides is 1. The van der Waals surface area contributed by atoms with Crippen molar-refractivity contribution in [3.8, 4) is 0 Å². The zero-order valence-corrected chi connectivity index (χ0v) is 16.7. The normalized spacial score (nSPS) is 12.8. The second-order valence-electron chi connectivity index (χ2n) is 7.04. The maximum atomic E-state index is 12.9. The van der Waals surface area contributed by atoms with Gasteiger partial charge < -0.3 is 10.3 Å². The van der Waals surface area contributed by atoms with Gasteiger partial charge in [-0.2, -0.15) is 13.2 Å². The van der Waals surface area contributed by atoms with Gasteiger partial charge in [0.05, 0.1) is 12.0 Å². The number of fused-ring (bicyclic) bond motifs is 1. The lowest BCUT2D eigenvalue weighted by atomic mass is 9.96. The Morgan fingerprint density at radius 3 is 2.67 bits per heavy atom. The molecule has 0 aliphatic carbocycles. The molecule has 4 aromatic rings. The van der Waals surface area contributed by atoms with Crippen LogP contribution in [0, 0.1) is 0 Å². The molecule has 2 aromatic carbocycles. The summed E-state index contributed by atoms with van der Waals surface area (Å²) < 4.78 is 38.7. The molecule has 154 valence electrons. The van der Waals surface area contributed by atoms with Crippen LogP contribution in [0.5, 0.6) is 0 Å². The number of aromatic nitrogens is 1. The molecule has 3 nitrogen and oxygen atoms in total. The van der Waals surface area contributed by atoms with Gasteiger partial charge in [0.2, 0.25) is 5.91 Å². The highest BCUT2D eigenvalue weighted by Gasteiger charge is 2.30. The zero-order valence-electron chi connectivity index (χ0n) is 15.9. The van der Waals surface area contributed by atoms with Crippen LogP contribution in [0.15, 0.2) is 72.2 Å². The summed E-state index contributed by atoms with van der Waals surface area (Å²) in [7, 11) is 0. The Morgan fingerprint density at radius 2 is 1.90 bits per heavy atom. The van der Waals surface area contributed by atoms with E-state index in [0.29, 0.717) is 12.1 Å². The summed E-state index contributed by atoms with van der Waals surface area (Å²) in [6.07, 6.45) is -2.57. The molecule has 0 unspecified atom stereocenters. The molecule has 4 rings (SSSR count). The Bertz CT molecular complexity index is 1150. The van der Waals surface area contributed by atoms with E-state index < -0.39 is 11.7 Å². The van der Waals surface area contributed by atoms with Crippen LogP contribution in [-0.2, 0) is 17.4 Å². The van der Waals surface area contributed by atoms with E-state index >= 15 is 0 Å². The Kier molecular flexibility index (Phi) is 5.63. The second-order valence-corrected chi connectivity index (χ2v) is 8.02. The third kappa shape index (κ3) is 4.41. The van der Waals surface area contributed by atoms with Gasteiger partial charge in [0, 0.05) is 34.4 Å². The Labute approximate surface area is 175 Å². The van der Waals surface area contributed by atoms with E-state index in [9.17, 15) is 18.0 Å². The largest absolute Gasteiger partial charge is 0.416 e. The lowest BCUT2D eigenvalue weighted by molar-refractivity contribution is -0.137. The minimum atomic E-state index is -4.42. The lowest BCUT2D eigenvalue weighted by Crippen LogP contribution is -2.30. The summed E-state index contributed by atoms with van der Waals surface area (Å²) in [5.41, 5.74) is 1.68. The van der Waals surface area contributed by atoms with Gasteiger partial charge in [-0.25, -0.2) is 0 Å². The number of hydrogen-bond acceptors (Lipinski definition) is 2. The molecule has 30 heavy (non-hydrogen) atoms. The number of halogens is 3. The fraction of sp³-hybridized carbons (Fsp3) is 0.174. The first kappa shape index (κ1) is 20.2. The summed E-state index contributed by atoms with van der Waals surface area (Å²) in [6.45, 7) is 0.361. The van der Waals surface area contributed by atoms with Crippen LogP contribution in [0.4, 0.5) is 13.2 Å². The second kappa shape index (κ2) is 8.36. The van der Waals surface area contributed by atoms with E-state index in [1.54, 1.807) is 11.3 Å². The molecule has 0 fully saturated rings. The van der Waals surface area contributed by atoms with E-state index in [1.807, 2.05) is 48.0 Å². The van der Waals surface area contributed by atoms with Gasteiger partial charge in [-0.15, -0.1) is 11.3 Å². The SMILES string of the molecule is O=C(Cc1cccc(C(F)(F)F)c1)NC[C@@H](c1cccs1)c1c[nH]c2ccccc12. The maximum Gasteiger partial charge on any atom is 0.416 e. The van der Waals surface area contributed by atoms with Gasteiger partial charge >= 0.3 is 6.18 Å². The van der Waals surface area contributed by atoms with E-state index in [4.69, 9.17) is 0 Å². The van der Waals surface area contributed by atoms with Gasteiger partial charge in [-0.05, 0) is 34.7 Å². The molecule has 2 heterocycles. The number of benzene rings is 2. The number of nitrogens with one attached hydrogen (secondary N) is 2. The highest BCUT2D eigenvalue weighted by atomic mass is 32.1. The fourth-order valence-electron chi connectivity index (χ4n) is 3.56. The number of alkyl halides is 3. The molecule has 0 aliphatic rings. The molecule has 0 saturated heterocycles. The molecular weight excluding hydrogens is 409 g/mol. The van der Waals surface area contributed by atoms with Crippen molar-refractivity contribution in [1.82, 2.24) is 10.3 Å². The molecule has 2 aromatic heterocycles. The first-order chi connectivity index (χ1) is 14.4. The minimum absolute atomic E-state index is 0.0494. The van der Waals surface area contributed by atoms with E-state index in [-0.39, 0.29) is 18.2 Å². The first-order valence-electron chi connectivity index (χ1n) is 9.44. The number of carbonyl (C=O) groups excluding carboxylic acids is 1.